The molecule has 5 amide bonds. The van der Waals surface area contributed by atoms with Crippen LogP contribution in [0.2, 0.25) is 0 Å². The average molecular weight is 836 g/mol. The Labute approximate surface area is 361 Å². The van der Waals surface area contributed by atoms with E-state index in [1.165, 1.54) is 5.56 Å². The lowest BCUT2D eigenvalue weighted by Crippen LogP contribution is -2.63. The number of rotatable bonds is 9. The fraction of sp³-hybridized carbons (Fsp3) is 0.396. The number of benzene rings is 3. The highest BCUT2D eigenvalue weighted by molar-refractivity contribution is 6.04. The first-order chi connectivity index (χ1) is 30.0. The van der Waals surface area contributed by atoms with Crippen molar-refractivity contribution in [2.75, 3.05) is 58.3 Å². The van der Waals surface area contributed by atoms with Crippen LogP contribution in [0.5, 0.6) is 0 Å². The first-order valence-electron chi connectivity index (χ1n) is 21.8. The van der Waals surface area contributed by atoms with E-state index in [9.17, 15) is 24.0 Å². The molecule has 0 saturated carbocycles. The number of piperidine rings is 3. The third-order valence-electron chi connectivity index (χ3n) is 13.3. The van der Waals surface area contributed by atoms with Gasteiger partial charge in [-0.25, -0.2) is 9.97 Å². The predicted octanol–water partition coefficient (Wildman–Crippen LogP) is 5.14. The molecule has 5 aromatic rings. The van der Waals surface area contributed by atoms with Crippen LogP contribution in [0.15, 0.2) is 79.1 Å². The average Bonchev–Trinajstić information content (AvgIpc) is 3.70. The lowest BCUT2D eigenvalue weighted by atomic mass is 9.87. The van der Waals surface area contributed by atoms with Gasteiger partial charge in [-0.2, -0.15) is 0 Å². The topological polar surface area (TPSA) is 164 Å². The first kappa shape index (κ1) is 41.0. The number of aromatic nitrogens is 3. The van der Waals surface area contributed by atoms with Crippen molar-refractivity contribution in [3.05, 3.63) is 101 Å². The van der Waals surface area contributed by atoms with E-state index < -0.39 is 11.9 Å². The molecule has 2 aromatic heterocycles. The van der Waals surface area contributed by atoms with Crippen molar-refractivity contribution in [3.8, 4) is 22.4 Å². The summed E-state index contributed by atoms with van der Waals surface area (Å²) in [5, 5.41) is 4.99. The maximum Gasteiger partial charge on any atom is 0.253 e. The summed E-state index contributed by atoms with van der Waals surface area (Å²) in [7, 11) is 3.52. The van der Waals surface area contributed by atoms with E-state index in [4.69, 9.17) is 9.97 Å². The first-order valence-corrected chi connectivity index (χ1v) is 21.8. The van der Waals surface area contributed by atoms with Gasteiger partial charge in [-0.3, -0.25) is 34.2 Å². The van der Waals surface area contributed by atoms with E-state index in [0.29, 0.717) is 29.5 Å². The van der Waals surface area contributed by atoms with Crippen LogP contribution < -0.4 is 15.5 Å². The molecule has 0 radical (unpaired) electrons. The Morgan fingerprint density at radius 1 is 0.839 bits per heavy atom. The number of likely N-dealkylation sites (tertiary alicyclic amines) is 2. The summed E-state index contributed by atoms with van der Waals surface area (Å²) in [5.74, 6) is -0.355. The molecule has 0 spiro atoms. The number of imide groups is 1. The summed E-state index contributed by atoms with van der Waals surface area (Å²) in [5.41, 5.74) is 9.69. The molecule has 4 saturated heterocycles. The van der Waals surface area contributed by atoms with Crippen LogP contribution >= 0.6 is 0 Å². The zero-order chi connectivity index (χ0) is 43.1. The minimum absolute atomic E-state index is 0.0164. The zero-order valence-corrected chi connectivity index (χ0v) is 35.5. The molecule has 14 heteroatoms. The Balaban J connectivity index is 0.725. The van der Waals surface area contributed by atoms with Gasteiger partial charge in [0.25, 0.3) is 11.8 Å². The van der Waals surface area contributed by atoms with Crippen molar-refractivity contribution < 1.29 is 24.0 Å². The highest BCUT2D eigenvalue weighted by Gasteiger charge is 2.39. The Hall–Kier alpha value is -6.41. The molecule has 9 rings (SSSR count). The second kappa shape index (κ2) is 17.2. The van der Waals surface area contributed by atoms with Crippen molar-refractivity contribution in [1.29, 1.82) is 0 Å². The number of carbonyl (C=O) groups excluding carboxylic acids is 5. The van der Waals surface area contributed by atoms with Gasteiger partial charge in [-0.1, -0.05) is 36.4 Å². The number of carbonyl (C=O) groups is 5. The van der Waals surface area contributed by atoms with Crippen molar-refractivity contribution >= 4 is 46.4 Å². The number of aromatic amines is 1. The number of anilines is 1. The summed E-state index contributed by atoms with van der Waals surface area (Å²) in [6, 6.07) is 21.7. The molecule has 4 aliphatic heterocycles. The third-order valence-corrected chi connectivity index (χ3v) is 13.3. The minimum Gasteiger partial charge on any atom is -0.371 e. The van der Waals surface area contributed by atoms with E-state index in [2.05, 4.69) is 49.7 Å². The molecule has 14 nitrogen and oxygen atoms in total. The number of aryl methyl sites for hydroxylation is 1. The number of H-pyrrole nitrogens is 1. The van der Waals surface area contributed by atoms with Crippen molar-refractivity contribution in [2.45, 2.75) is 63.5 Å². The van der Waals surface area contributed by atoms with Crippen LogP contribution in [0.3, 0.4) is 0 Å². The molecule has 62 heavy (non-hydrogen) atoms. The maximum atomic E-state index is 13.5. The molecule has 320 valence electrons. The van der Waals surface area contributed by atoms with Gasteiger partial charge in [0.1, 0.15) is 11.6 Å². The maximum absolute atomic E-state index is 13.5. The van der Waals surface area contributed by atoms with Crippen molar-refractivity contribution in [2.24, 2.45) is 5.92 Å². The van der Waals surface area contributed by atoms with E-state index in [1.807, 2.05) is 54.5 Å². The van der Waals surface area contributed by atoms with Gasteiger partial charge >= 0.3 is 0 Å². The zero-order valence-electron chi connectivity index (χ0n) is 35.5. The number of fused-ring (bicyclic) bond motifs is 1. The summed E-state index contributed by atoms with van der Waals surface area (Å²) < 4.78 is 0. The van der Waals surface area contributed by atoms with Crippen LogP contribution in [0.1, 0.15) is 76.3 Å². The Morgan fingerprint density at radius 2 is 1.55 bits per heavy atom. The van der Waals surface area contributed by atoms with Gasteiger partial charge in [-0.15, -0.1) is 0 Å². The fourth-order valence-electron chi connectivity index (χ4n) is 9.49. The lowest BCUT2D eigenvalue weighted by molar-refractivity contribution is -0.144. The third kappa shape index (κ3) is 8.31. The van der Waals surface area contributed by atoms with Crippen molar-refractivity contribution in [1.82, 2.24) is 40.3 Å². The van der Waals surface area contributed by atoms with E-state index in [0.717, 1.165) is 110 Å². The Bertz CT molecular complexity index is 2510. The molecule has 0 aliphatic carbocycles. The number of nitrogens with one attached hydrogen (secondary N) is 3. The minimum atomic E-state index is -0.711. The normalized spacial score (nSPS) is 19.3. The Morgan fingerprint density at radius 3 is 2.23 bits per heavy atom. The summed E-state index contributed by atoms with van der Waals surface area (Å²) in [4.78, 5) is 83.8. The van der Waals surface area contributed by atoms with Crippen LogP contribution in [0.25, 0.3) is 33.5 Å². The molecular formula is C48H53N9O5. The predicted molar refractivity (Wildman–Crippen MR) is 236 cm³/mol. The van der Waals surface area contributed by atoms with E-state index >= 15 is 0 Å². The largest absolute Gasteiger partial charge is 0.371 e. The van der Waals surface area contributed by atoms with Gasteiger partial charge in [0, 0.05) is 92.8 Å². The summed E-state index contributed by atoms with van der Waals surface area (Å²) in [6.45, 7) is 7.16. The second-order valence-electron chi connectivity index (χ2n) is 17.5. The molecule has 0 bridgehead atoms. The van der Waals surface area contributed by atoms with E-state index in [1.54, 1.807) is 31.1 Å². The van der Waals surface area contributed by atoms with Crippen LogP contribution in [0, 0.1) is 12.8 Å². The standard InChI is InChI=1S/C48H53N9O5/c1-29-24-35(10-13-38(29)48(62)54(2)3)39-25-49-44-43(39)51-41(26-50-44)32-6-4-30(5-7-32)31-16-20-56(21-17-31)37-27-57(28-37)47(61)34-18-22-55(23-19-34)36-11-8-33(9-12-36)45(59)52-40-14-15-42(58)53-46(40)60/h4-13,24-26,31,34,37,40H,14-23,27-28H2,1-3H3,(H,49,50)(H,52,59)(H,53,58,60). The number of hydrogen-bond donors (Lipinski definition) is 3. The van der Waals surface area contributed by atoms with Gasteiger partial charge in [0.2, 0.25) is 17.7 Å². The van der Waals surface area contributed by atoms with E-state index in [-0.39, 0.29) is 36.0 Å². The fourth-order valence-corrected chi connectivity index (χ4v) is 9.49. The van der Waals surface area contributed by atoms with Gasteiger partial charge in [0.05, 0.1) is 11.9 Å². The Kier molecular flexibility index (Phi) is 11.3. The molecule has 4 aliphatic rings. The highest BCUT2D eigenvalue weighted by atomic mass is 16.2. The second-order valence-corrected chi connectivity index (χ2v) is 17.5. The summed E-state index contributed by atoms with van der Waals surface area (Å²) in [6.07, 6.45) is 8.02. The molecule has 4 fully saturated rings. The molecule has 3 aromatic carbocycles. The molecule has 1 unspecified atom stereocenters. The molecular weight excluding hydrogens is 783 g/mol. The van der Waals surface area contributed by atoms with Crippen LogP contribution in [-0.4, -0.2) is 125 Å². The SMILES string of the molecule is Cc1cc(-c2c[nH]c3ncc(-c4ccc(C5CCN(C6CN(C(=O)C7CCN(c8ccc(C(=O)NC9CCC(=O)NC9=O)cc8)CC7)C6)CC5)cc4)nc23)ccc1C(=O)N(C)C. The molecule has 3 N–H and O–H groups in total. The summed E-state index contributed by atoms with van der Waals surface area (Å²) >= 11 is 0. The number of amides is 5. The highest BCUT2D eigenvalue weighted by Crippen LogP contribution is 2.34. The van der Waals surface area contributed by atoms with Crippen LogP contribution in [-0.2, 0) is 14.4 Å². The number of nitrogens with zero attached hydrogens (tertiary/aromatic N) is 6. The van der Waals surface area contributed by atoms with Crippen LogP contribution in [0.4, 0.5) is 5.69 Å². The number of hydrogen-bond acceptors (Lipinski definition) is 9. The van der Waals surface area contributed by atoms with Crippen molar-refractivity contribution in [3.63, 3.8) is 0 Å². The van der Waals surface area contributed by atoms with Gasteiger partial charge in [0.15, 0.2) is 5.65 Å². The molecule has 1 atom stereocenters. The molecule has 6 heterocycles. The monoisotopic (exact) mass is 835 g/mol. The smallest absolute Gasteiger partial charge is 0.253 e. The lowest BCUT2D eigenvalue weighted by Gasteiger charge is -2.49. The quantitative estimate of drug-likeness (QED) is 0.171. The van der Waals surface area contributed by atoms with Gasteiger partial charge < -0.3 is 25.0 Å². The van der Waals surface area contributed by atoms with Gasteiger partial charge in [-0.05, 0) is 105 Å².